The van der Waals surface area contributed by atoms with Crippen molar-refractivity contribution in [1.29, 1.82) is 0 Å². The number of carbonyl (C=O) groups is 1. The molecule has 1 aromatic carbocycles. The predicted octanol–water partition coefficient (Wildman–Crippen LogP) is 1.55. The lowest BCUT2D eigenvalue weighted by Crippen LogP contribution is -2.06. The fraction of sp³-hybridized carbons (Fsp3) is 0.333. The van der Waals surface area contributed by atoms with E-state index in [1.807, 2.05) is 0 Å². The van der Waals surface area contributed by atoms with Gasteiger partial charge in [-0.15, -0.1) is 0 Å². The summed E-state index contributed by atoms with van der Waals surface area (Å²) in [6.07, 6.45) is 1.12. The quantitative estimate of drug-likeness (QED) is 0.865. The van der Waals surface area contributed by atoms with Gasteiger partial charge in [0.15, 0.2) is 0 Å². The molecule has 1 heterocycles. The molecule has 0 fully saturated rings. The summed E-state index contributed by atoms with van der Waals surface area (Å²) in [5, 5.41) is 19.5. The maximum absolute atomic E-state index is 11.9. The number of phenols is 1. The lowest BCUT2D eigenvalue weighted by Gasteiger charge is -2.08. The third kappa shape index (κ3) is 3.05. The van der Waals surface area contributed by atoms with Gasteiger partial charge in [-0.3, -0.25) is 4.79 Å². The van der Waals surface area contributed by atoms with Gasteiger partial charge in [0.1, 0.15) is 17.3 Å². The fourth-order valence-corrected chi connectivity index (χ4v) is 2.21. The largest absolute Gasteiger partial charge is 0.508 e. The molecule has 0 bridgehead atoms. The van der Waals surface area contributed by atoms with Gasteiger partial charge in [0.05, 0.1) is 11.8 Å². The molecule has 0 aliphatic carbocycles. The Morgan fingerprint density at radius 3 is 2.65 bits per heavy atom. The normalized spacial score (nSPS) is 10.9. The monoisotopic (exact) mass is 276 g/mol. The number of aliphatic hydroxyl groups excluding tert-OH is 1. The SMILES string of the molecule is CC(=O)Cc1cc2c(CCCO)cc(O)cc2c(=O)o1. The minimum absolute atomic E-state index is 0.0166. The Morgan fingerprint density at radius 2 is 2.00 bits per heavy atom. The van der Waals surface area contributed by atoms with Gasteiger partial charge in [0.25, 0.3) is 0 Å². The summed E-state index contributed by atoms with van der Waals surface area (Å²) >= 11 is 0. The van der Waals surface area contributed by atoms with Crippen LogP contribution in [0.3, 0.4) is 0 Å². The van der Waals surface area contributed by atoms with Crippen LogP contribution < -0.4 is 5.63 Å². The summed E-state index contributed by atoms with van der Waals surface area (Å²) < 4.78 is 5.08. The van der Waals surface area contributed by atoms with E-state index < -0.39 is 5.63 Å². The molecule has 106 valence electrons. The van der Waals surface area contributed by atoms with Crippen molar-refractivity contribution in [3.8, 4) is 5.75 Å². The maximum atomic E-state index is 11.9. The number of carbonyl (C=O) groups excluding carboxylic acids is 1. The number of ketones is 1. The number of rotatable bonds is 5. The van der Waals surface area contributed by atoms with Gasteiger partial charge in [-0.25, -0.2) is 4.79 Å². The third-order valence-electron chi connectivity index (χ3n) is 3.03. The first-order chi connectivity index (χ1) is 9.51. The van der Waals surface area contributed by atoms with E-state index in [0.29, 0.717) is 24.0 Å². The molecule has 5 nitrogen and oxygen atoms in total. The van der Waals surface area contributed by atoms with Gasteiger partial charge in [-0.2, -0.15) is 0 Å². The summed E-state index contributed by atoms with van der Waals surface area (Å²) in [5.41, 5.74) is 0.187. The second kappa shape index (κ2) is 5.88. The second-order valence-electron chi connectivity index (χ2n) is 4.77. The van der Waals surface area contributed by atoms with Crippen LogP contribution in [0.5, 0.6) is 5.75 Å². The van der Waals surface area contributed by atoms with Crippen molar-refractivity contribution in [2.24, 2.45) is 0 Å². The zero-order chi connectivity index (χ0) is 14.7. The molecule has 5 heteroatoms. The van der Waals surface area contributed by atoms with E-state index in [0.717, 1.165) is 5.56 Å². The number of aliphatic hydroxyl groups is 1. The molecule has 0 aliphatic heterocycles. The van der Waals surface area contributed by atoms with Crippen molar-refractivity contribution in [2.75, 3.05) is 6.61 Å². The molecule has 0 aliphatic rings. The van der Waals surface area contributed by atoms with E-state index in [4.69, 9.17) is 9.52 Å². The number of phenolic OH excluding ortho intramolecular Hbond substituents is 1. The van der Waals surface area contributed by atoms with E-state index in [9.17, 15) is 14.7 Å². The average Bonchev–Trinajstić information content (AvgIpc) is 2.36. The zero-order valence-corrected chi connectivity index (χ0v) is 11.2. The Bertz CT molecular complexity index is 699. The number of hydrogen-bond acceptors (Lipinski definition) is 5. The molecule has 0 atom stereocenters. The van der Waals surface area contributed by atoms with Crippen LogP contribution in [0.25, 0.3) is 10.8 Å². The molecule has 0 unspecified atom stereocenters. The van der Waals surface area contributed by atoms with Gasteiger partial charge < -0.3 is 14.6 Å². The summed E-state index contributed by atoms with van der Waals surface area (Å²) in [4.78, 5) is 23.1. The average molecular weight is 276 g/mol. The molecule has 0 radical (unpaired) electrons. The second-order valence-corrected chi connectivity index (χ2v) is 4.77. The number of aryl methyl sites for hydroxylation is 1. The van der Waals surface area contributed by atoms with Gasteiger partial charge >= 0.3 is 5.63 Å². The minimum Gasteiger partial charge on any atom is -0.508 e. The number of benzene rings is 1. The van der Waals surface area contributed by atoms with Crippen LogP contribution in [0.1, 0.15) is 24.7 Å². The summed E-state index contributed by atoms with van der Waals surface area (Å²) in [6.45, 7) is 1.45. The molecule has 0 spiro atoms. The zero-order valence-electron chi connectivity index (χ0n) is 11.2. The first-order valence-corrected chi connectivity index (χ1v) is 6.40. The molecule has 20 heavy (non-hydrogen) atoms. The Labute approximate surface area is 115 Å². The highest BCUT2D eigenvalue weighted by Gasteiger charge is 2.11. The molecular weight excluding hydrogens is 260 g/mol. The number of aromatic hydroxyl groups is 1. The van der Waals surface area contributed by atoms with Crippen molar-refractivity contribution in [3.63, 3.8) is 0 Å². The standard InChI is InChI=1S/C15H16O5/c1-9(17)5-12-8-13-10(3-2-4-16)6-11(18)7-14(13)15(19)20-12/h6-8,16,18H,2-5H2,1H3. The van der Waals surface area contributed by atoms with Gasteiger partial charge in [-0.1, -0.05) is 0 Å². The van der Waals surface area contributed by atoms with E-state index in [1.165, 1.54) is 13.0 Å². The molecule has 0 saturated heterocycles. The van der Waals surface area contributed by atoms with Crippen LogP contribution in [-0.2, 0) is 17.6 Å². The van der Waals surface area contributed by atoms with Crippen molar-refractivity contribution >= 4 is 16.6 Å². The topological polar surface area (TPSA) is 87.7 Å². The van der Waals surface area contributed by atoms with Crippen LogP contribution in [0.15, 0.2) is 27.4 Å². The van der Waals surface area contributed by atoms with Crippen LogP contribution in [0, 0.1) is 0 Å². The molecule has 0 saturated carbocycles. The number of hydrogen-bond donors (Lipinski definition) is 2. The summed E-state index contributed by atoms with van der Waals surface area (Å²) in [6, 6.07) is 4.57. The Kier molecular flexibility index (Phi) is 4.20. The van der Waals surface area contributed by atoms with E-state index in [-0.39, 0.29) is 29.9 Å². The molecule has 2 aromatic rings. The lowest BCUT2D eigenvalue weighted by atomic mass is 10.0. The molecule has 1 aromatic heterocycles. The highest BCUT2D eigenvalue weighted by molar-refractivity contribution is 5.87. The Morgan fingerprint density at radius 1 is 1.25 bits per heavy atom. The third-order valence-corrected chi connectivity index (χ3v) is 3.03. The lowest BCUT2D eigenvalue weighted by molar-refractivity contribution is -0.116. The molecular formula is C15H16O5. The first-order valence-electron chi connectivity index (χ1n) is 6.40. The molecule has 2 rings (SSSR count). The van der Waals surface area contributed by atoms with E-state index >= 15 is 0 Å². The van der Waals surface area contributed by atoms with Gasteiger partial charge in [0, 0.05) is 6.61 Å². The maximum Gasteiger partial charge on any atom is 0.343 e. The van der Waals surface area contributed by atoms with E-state index in [1.54, 1.807) is 12.1 Å². The number of fused-ring (bicyclic) bond motifs is 1. The fourth-order valence-electron chi connectivity index (χ4n) is 2.21. The van der Waals surface area contributed by atoms with Crippen molar-refractivity contribution in [2.45, 2.75) is 26.2 Å². The van der Waals surface area contributed by atoms with Crippen molar-refractivity contribution in [3.05, 3.63) is 39.9 Å². The first kappa shape index (κ1) is 14.3. The number of Topliss-reactive ketones (excluding diaryl/α,β-unsaturated/α-hetero) is 1. The van der Waals surface area contributed by atoms with Crippen LogP contribution >= 0.6 is 0 Å². The Balaban J connectivity index is 2.62. The summed E-state index contributed by atoms with van der Waals surface area (Å²) in [7, 11) is 0. The van der Waals surface area contributed by atoms with Gasteiger partial charge in [0.2, 0.25) is 0 Å². The van der Waals surface area contributed by atoms with Crippen molar-refractivity contribution in [1.82, 2.24) is 0 Å². The van der Waals surface area contributed by atoms with Gasteiger partial charge in [-0.05, 0) is 48.9 Å². The van der Waals surface area contributed by atoms with Crippen LogP contribution in [0.2, 0.25) is 0 Å². The van der Waals surface area contributed by atoms with Crippen molar-refractivity contribution < 1.29 is 19.4 Å². The predicted molar refractivity (Wildman–Crippen MR) is 73.9 cm³/mol. The summed E-state index contributed by atoms with van der Waals surface area (Å²) in [5.74, 6) is 0.200. The highest BCUT2D eigenvalue weighted by Crippen LogP contribution is 2.24. The molecule has 0 amide bonds. The molecule has 2 N–H and O–H groups in total. The smallest absolute Gasteiger partial charge is 0.343 e. The highest BCUT2D eigenvalue weighted by atomic mass is 16.4. The van der Waals surface area contributed by atoms with E-state index in [2.05, 4.69) is 0 Å². The van der Waals surface area contributed by atoms with Crippen LogP contribution in [0.4, 0.5) is 0 Å². The minimum atomic E-state index is -0.570. The van der Waals surface area contributed by atoms with Crippen LogP contribution in [-0.4, -0.2) is 22.6 Å². The Hall–Kier alpha value is -2.14.